The van der Waals surface area contributed by atoms with Gasteiger partial charge in [-0.15, -0.1) is 0 Å². The summed E-state index contributed by atoms with van der Waals surface area (Å²) in [7, 11) is 0. The Balaban J connectivity index is 1.38. The van der Waals surface area contributed by atoms with Crippen LogP contribution in [0, 0.1) is 6.92 Å². The van der Waals surface area contributed by atoms with Crippen LogP contribution in [0.15, 0.2) is 34.9 Å². The quantitative estimate of drug-likeness (QED) is 0.819. The highest BCUT2D eigenvalue weighted by atomic mass is 35.5. The summed E-state index contributed by atoms with van der Waals surface area (Å²) < 4.78 is 4.93. The molecule has 3 rings (SSSR count). The first-order valence-electron chi connectivity index (χ1n) is 8.97. The van der Waals surface area contributed by atoms with Gasteiger partial charge in [-0.25, -0.2) is 0 Å². The van der Waals surface area contributed by atoms with Gasteiger partial charge < -0.3 is 14.7 Å². The molecule has 2 amide bonds. The number of carbonyl (C=O) groups excluding carboxylic acids is 2. The highest BCUT2D eigenvalue weighted by Gasteiger charge is 2.22. The fourth-order valence-corrected chi connectivity index (χ4v) is 3.15. The van der Waals surface area contributed by atoms with Crippen LogP contribution in [0.25, 0.3) is 0 Å². The minimum atomic E-state index is -0.134. The number of piperazine rings is 1. The van der Waals surface area contributed by atoms with Crippen molar-refractivity contribution >= 4 is 29.2 Å². The van der Waals surface area contributed by atoms with E-state index in [1.54, 1.807) is 13.0 Å². The summed E-state index contributed by atoms with van der Waals surface area (Å²) in [6.07, 6.45) is 1.18. The number of nitrogens with one attached hydrogen (secondary N) is 1. The fraction of sp³-hybridized carbons (Fsp3) is 0.421. The predicted octanol–water partition coefficient (Wildman–Crippen LogP) is 2.35. The molecule has 1 aliphatic heterocycles. The monoisotopic (exact) mass is 390 g/mol. The van der Waals surface area contributed by atoms with Crippen molar-refractivity contribution in [2.24, 2.45) is 0 Å². The van der Waals surface area contributed by atoms with Gasteiger partial charge in [-0.2, -0.15) is 0 Å². The topological polar surface area (TPSA) is 78.7 Å². The van der Waals surface area contributed by atoms with Crippen LogP contribution in [0.2, 0.25) is 5.02 Å². The third-order valence-corrected chi connectivity index (χ3v) is 4.78. The second kappa shape index (κ2) is 9.01. The minimum Gasteiger partial charge on any atom is -0.360 e. The zero-order valence-corrected chi connectivity index (χ0v) is 16.0. The molecule has 8 heteroatoms. The molecule has 1 fully saturated rings. The zero-order valence-electron chi connectivity index (χ0n) is 15.3. The molecule has 7 nitrogen and oxygen atoms in total. The summed E-state index contributed by atoms with van der Waals surface area (Å²) in [6, 6.07) is 9.25. The van der Waals surface area contributed by atoms with Gasteiger partial charge in [-0.05, 0) is 31.0 Å². The standard InChI is InChI=1S/C19H23ClN4O3/c1-14-12-17(22-27-14)21-18(25)13-23-8-10-24(11-9-23)19(26)7-4-15-2-5-16(20)6-3-15/h2-3,5-6,12H,4,7-11,13H2,1H3,(H,21,22,25). The largest absolute Gasteiger partial charge is 0.360 e. The summed E-state index contributed by atoms with van der Waals surface area (Å²) >= 11 is 5.88. The van der Waals surface area contributed by atoms with E-state index < -0.39 is 0 Å². The van der Waals surface area contributed by atoms with Crippen LogP contribution < -0.4 is 5.32 Å². The van der Waals surface area contributed by atoms with Crippen LogP contribution in [0.5, 0.6) is 0 Å². The maximum Gasteiger partial charge on any atom is 0.239 e. The lowest BCUT2D eigenvalue weighted by Gasteiger charge is -2.34. The van der Waals surface area contributed by atoms with Gasteiger partial charge in [0.05, 0.1) is 6.54 Å². The van der Waals surface area contributed by atoms with Crippen LogP contribution in [0.1, 0.15) is 17.7 Å². The molecular formula is C19H23ClN4O3. The van der Waals surface area contributed by atoms with Gasteiger partial charge >= 0.3 is 0 Å². The Morgan fingerprint density at radius 3 is 2.52 bits per heavy atom. The van der Waals surface area contributed by atoms with Crippen LogP contribution in [0.4, 0.5) is 5.82 Å². The number of anilines is 1. The molecule has 2 heterocycles. The molecule has 1 aromatic carbocycles. The van der Waals surface area contributed by atoms with E-state index in [2.05, 4.69) is 10.5 Å². The summed E-state index contributed by atoms with van der Waals surface area (Å²) in [5.74, 6) is 1.09. The van der Waals surface area contributed by atoms with E-state index in [4.69, 9.17) is 16.1 Å². The average molecular weight is 391 g/mol. The molecule has 1 aromatic heterocycles. The average Bonchev–Trinajstić information content (AvgIpc) is 3.06. The first-order chi connectivity index (χ1) is 13.0. The summed E-state index contributed by atoms with van der Waals surface area (Å²) in [5.41, 5.74) is 1.10. The lowest BCUT2D eigenvalue weighted by molar-refractivity contribution is -0.133. The summed E-state index contributed by atoms with van der Waals surface area (Å²) in [6.45, 7) is 4.67. The molecule has 144 valence electrons. The molecule has 1 saturated heterocycles. The number of halogens is 1. The van der Waals surface area contributed by atoms with Crippen LogP contribution in [0.3, 0.4) is 0 Å². The number of hydrogen-bond donors (Lipinski definition) is 1. The van der Waals surface area contributed by atoms with Crippen molar-refractivity contribution < 1.29 is 14.1 Å². The molecule has 0 radical (unpaired) electrons. The van der Waals surface area contributed by atoms with E-state index in [1.807, 2.05) is 34.1 Å². The highest BCUT2D eigenvalue weighted by molar-refractivity contribution is 6.30. The summed E-state index contributed by atoms with van der Waals surface area (Å²) in [5, 5.41) is 7.16. The lowest BCUT2D eigenvalue weighted by Crippen LogP contribution is -2.50. The van der Waals surface area contributed by atoms with Gasteiger partial charge in [0.25, 0.3) is 0 Å². The molecule has 0 atom stereocenters. The smallest absolute Gasteiger partial charge is 0.239 e. The Kier molecular flexibility index (Phi) is 6.47. The van der Waals surface area contributed by atoms with E-state index in [0.29, 0.717) is 55.6 Å². The van der Waals surface area contributed by atoms with Crippen molar-refractivity contribution in [1.29, 1.82) is 0 Å². The van der Waals surface area contributed by atoms with Gasteiger partial charge in [0, 0.05) is 43.7 Å². The van der Waals surface area contributed by atoms with Crippen molar-refractivity contribution in [1.82, 2.24) is 15.0 Å². The second-order valence-electron chi connectivity index (χ2n) is 6.65. The Morgan fingerprint density at radius 1 is 1.19 bits per heavy atom. The van der Waals surface area contributed by atoms with E-state index in [0.717, 1.165) is 5.56 Å². The van der Waals surface area contributed by atoms with Gasteiger partial charge in [0.1, 0.15) is 5.76 Å². The highest BCUT2D eigenvalue weighted by Crippen LogP contribution is 2.12. The van der Waals surface area contributed by atoms with Gasteiger partial charge in [0.2, 0.25) is 11.8 Å². The maximum absolute atomic E-state index is 12.4. The fourth-order valence-electron chi connectivity index (χ4n) is 3.03. The van der Waals surface area contributed by atoms with Gasteiger partial charge in [-0.3, -0.25) is 14.5 Å². The van der Waals surface area contributed by atoms with Crippen molar-refractivity contribution in [2.75, 3.05) is 38.0 Å². The zero-order chi connectivity index (χ0) is 19.2. The first-order valence-corrected chi connectivity index (χ1v) is 9.35. The normalized spacial score (nSPS) is 15.0. The Labute approximate surface area is 163 Å². The van der Waals surface area contributed by atoms with Gasteiger partial charge in [0.15, 0.2) is 5.82 Å². The lowest BCUT2D eigenvalue weighted by atomic mass is 10.1. The molecule has 0 unspecified atom stereocenters. The number of aryl methyl sites for hydroxylation is 2. The molecular weight excluding hydrogens is 368 g/mol. The van der Waals surface area contributed by atoms with Crippen molar-refractivity contribution in [3.63, 3.8) is 0 Å². The van der Waals surface area contributed by atoms with Crippen LogP contribution in [-0.4, -0.2) is 59.5 Å². The van der Waals surface area contributed by atoms with Crippen LogP contribution in [-0.2, 0) is 16.0 Å². The van der Waals surface area contributed by atoms with Crippen molar-refractivity contribution in [2.45, 2.75) is 19.8 Å². The third-order valence-electron chi connectivity index (χ3n) is 4.53. The Bertz CT molecular complexity index is 783. The van der Waals surface area contributed by atoms with E-state index >= 15 is 0 Å². The number of rotatable bonds is 6. The molecule has 0 saturated carbocycles. The van der Waals surface area contributed by atoms with E-state index in [-0.39, 0.29) is 18.4 Å². The predicted molar refractivity (Wildman–Crippen MR) is 103 cm³/mol. The van der Waals surface area contributed by atoms with E-state index in [1.165, 1.54) is 0 Å². The number of hydrogen-bond acceptors (Lipinski definition) is 5. The molecule has 2 aromatic rings. The number of amides is 2. The molecule has 0 aliphatic carbocycles. The van der Waals surface area contributed by atoms with Gasteiger partial charge in [-0.1, -0.05) is 28.9 Å². The number of nitrogens with zero attached hydrogens (tertiary/aromatic N) is 3. The maximum atomic E-state index is 12.4. The third kappa shape index (κ3) is 5.80. The molecule has 1 aliphatic rings. The molecule has 27 heavy (non-hydrogen) atoms. The second-order valence-corrected chi connectivity index (χ2v) is 7.09. The first kappa shape index (κ1) is 19.4. The number of aromatic nitrogens is 1. The molecule has 1 N–H and O–H groups in total. The molecule has 0 bridgehead atoms. The molecule has 0 spiro atoms. The Hall–Kier alpha value is -2.38. The summed E-state index contributed by atoms with van der Waals surface area (Å²) in [4.78, 5) is 28.4. The van der Waals surface area contributed by atoms with Crippen molar-refractivity contribution in [3.8, 4) is 0 Å². The van der Waals surface area contributed by atoms with E-state index in [9.17, 15) is 9.59 Å². The Morgan fingerprint density at radius 2 is 1.89 bits per heavy atom. The number of benzene rings is 1. The SMILES string of the molecule is Cc1cc(NC(=O)CN2CCN(C(=O)CCc3ccc(Cl)cc3)CC2)no1. The van der Waals surface area contributed by atoms with Crippen molar-refractivity contribution in [3.05, 3.63) is 46.7 Å². The minimum absolute atomic E-state index is 0.134. The van der Waals surface area contributed by atoms with Crippen LogP contribution >= 0.6 is 11.6 Å². The number of carbonyl (C=O) groups is 2.